The predicted octanol–water partition coefficient (Wildman–Crippen LogP) is 3.18. The molecule has 0 aliphatic carbocycles. The number of hydrogen-bond donors (Lipinski definition) is 1. The van der Waals surface area contributed by atoms with E-state index in [9.17, 15) is 4.79 Å². The first-order valence-electron chi connectivity index (χ1n) is 7.10. The zero-order valence-electron chi connectivity index (χ0n) is 11.5. The highest BCUT2D eigenvalue weighted by Crippen LogP contribution is 2.28. The molecular formula is C14H22N2O2S. The highest BCUT2D eigenvalue weighted by molar-refractivity contribution is 7.13. The van der Waals surface area contributed by atoms with Gasteiger partial charge < -0.3 is 10.0 Å². The minimum Gasteiger partial charge on any atom is -0.481 e. The number of carbonyl (C=O) groups is 1. The maximum Gasteiger partial charge on any atom is 0.303 e. The van der Waals surface area contributed by atoms with Crippen LogP contribution in [0, 0.1) is 5.92 Å². The number of aliphatic carboxylic acids is 1. The molecule has 0 atom stereocenters. The summed E-state index contributed by atoms with van der Waals surface area (Å²) in [5, 5.41) is 11.7. The standard InChI is InChI=1S/C14H22N2O2S/c1-2-3-11-6-8-16(9-7-11)14-15-12(10-19-14)4-5-13(17)18/h10-11H,2-9H2,1H3,(H,17,18). The van der Waals surface area contributed by atoms with Crippen molar-refractivity contribution in [2.24, 2.45) is 5.92 Å². The van der Waals surface area contributed by atoms with Crippen molar-refractivity contribution in [2.75, 3.05) is 18.0 Å². The molecule has 2 heterocycles. The number of piperidine rings is 1. The molecule has 1 aromatic rings. The second-order valence-electron chi connectivity index (χ2n) is 5.23. The first-order chi connectivity index (χ1) is 9.19. The van der Waals surface area contributed by atoms with Gasteiger partial charge in [0.05, 0.1) is 12.1 Å². The summed E-state index contributed by atoms with van der Waals surface area (Å²) in [6, 6.07) is 0. The molecule has 0 bridgehead atoms. The Balaban J connectivity index is 1.84. The van der Waals surface area contributed by atoms with E-state index in [1.54, 1.807) is 11.3 Å². The molecule has 1 N–H and O–H groups in total. The molecule has 2 rings (SSSR count). The van der Waals surface area contributed by atoms with E-state index < -0.39 is 5.97 Å². The molecule has 1 aliphatic rings. The molecule has 5 heteroatoms. The Morgan fingerprint density at radius 3 is 2.89 bits per heavy atom. The Labute approximate surface area is 118 Å². The van der Waals surface area contributed by atoms with Crippen molar-refractivity contribution in [2.45, 2.75) is 45.4 Å². The molecule has 0 spiro atoms. The number of hydrogen-bond acceptors (Lipinski definition) is 4. The minimum atomic E-state index is -0.755. The molecule has 0 radical (unpaired) electrons. The van der Waals surface area contributed by atoms with Gasteiger partial charge in [-0.25, -0.2) is 4.98 Å². The van der Waals surface area contributed by atoms with E-state index in [1.807, 2.05) is 5.38 Å². The highest BCUT2D eigenvalue weighted by atomic mass is 32.1. The van der Waals surface area contributed by atoms with Crippen molar-refractivity contribution in [1.82, 2.24) is 4.98 Å². The fourth-order valence-electron chi connectivity index (χ4n) is 2.61. The third-order valence-corrected chi connectivity index (χ3v) is 4.67. The lowest BCUT2D eigenvalue weighted by Gasteiger charge is -2.31. The van der Waals surface area contributed by atoms with Crippen LogP contribution in [0.4, 0.5) is 5.13 Å². The van der Waals surface area contributed by atoms with Gasteiger partial charge in [0.1, 0.15) is 0 Å². The number of aryl methyl sites for hydroxylation is 1. The van der Waals surface area contributed by atoms with Crippen LogP contribution in [0.1, 0.15) is 44.7 Å². The number of nitrogens with zero attached hydrogens (tertiary/aromatic N) is 2. The monoisotopic (exact) mass is 282 g/mol. The van der Waals surface area contributed by atoms with Gasteiger partial charge in [-0.2, -0.15) is 0 Å². The van der Waals surface area contributed by atoms with Crippen molar-refractivity contribution in [1.29, 1.82) is 0 Å². The first kappa shape index (κ1) is 14.3. The van der Waals surface area contributed by atoms with Gasteiger partial charge in [-0.1, -0.05) is 19.8 Å². The largest absolute Gasteiger partial charge is 0.481 e. The summed E-state index contributed by atoms with van der Waals surface area (Å²) in [6.45, 7) is 4.44. The SMILES string of the molecule is CCCC1CCN(c2nc(CCC(=O)O)cs2)CC1. The van der Waals surface area contributed by atoms with Crippen molar-refractivity contribution in [3.8, 4) is 0 Å². The van der Waals surface area contributed by atoms with Crippen LogP contribution in [-0.4, -0.2) is 29.1 Å². The number of thiazole rings is 1. The number of carboxylic acids is 1. The van der Waals surface area contributed by atoms with Gasteiger partial charge in [0.2, 0.25) is 0 Å². The highest BCUT2D eigenvalue weighted by Gasteiger charge is 2.20. The molecule has 1 aromatic heterocycles. The number of anilines is 1. The fraction of sp³-hybridized carbons (Fsp3) is 0.714. The molecule has 0 aromatic carbocycles. The fourth-order valence-corrected chi connectivity index (χ4v) is 3.53. The topological polar surface area (TPSA) is 53.4 Å². The second-order valence-corrected chi connectivity index (χ2v) is 6.07. The Bertz CT molecular complexity index is 411. The maximum atomic E-state index is 10.5. The summed E-state index contributed by atoms with van der Waals surface area (Å²) >= 11 is 1.64. The summed E-state index contributed by atoms with van der Waals surface area (Å²) in [5.41, 5.74) is 0.915. The third kappa shape index (κ3) is 4.20. The van der Waals surface area contributed by atoms with E-state index in [0.29, 0.717) is 6.42 Å². The van der Waals surface area contributed by atoms with Crippen LogP contribution in [0.5, 0.6) is 0 Å². The molecule has 106 valence electrons. The number of aromatic nitrogens is 1. The lowest BCUT2D eigenvalue weighted by atomic mass is 9.93. The second kappa shape index (κ2) is 6.89. The van der Waals surface area contributed by atoms with Crippen molar-refractivity contribution >= 4 is 22.4 Å². The van der Waals surface area contributed by atoms with Gasteiger partial charge in [-0.05, 0) is 18.8 Å². The summed E-state index contributed by atoms with van der Waals surface area (Å²) in [4.78, 5) is 17.5. The van der Waals surface area contributed by atoms with Gasteiger partial charge in [0, 0.05) is 24.9 Å². The Morgan fingerprint density at radius 2 is 2.26 bits per heavy atom. The van der Waals surface area contributed by atoms with Crippen LogP contribution in [0.2, 0.25) is 0 Å². The van der Waals surface area contributed by atoms with Gasteiger partial charge in [0.15, 0.2) is 5.13 Å². The van der Waals surface area contributed by atoms with Gasteiger partial charge >= 0.3 is 5.97 Å². The Hall–Kier alpha value is -1.10. The Kier molecular flexibility index (Phi) is 5.19. The van der Waals surface area contributed by atoms with Crippen molar-refractivity contribution in [3.05, 3.63) is 11.1 Å². The molecule has 0 saturated carbocycles. The van der Waals surface area contributed by atoms with Crippen molar-refractivity contribution in [3.63, 3.8) is 0 Å². The normalized spacial score (nSPS) is 16.8. The molecular weight excluding hydrogens is 260 g/mol. The van der Waals surface area contributed by atoms with Crippen LogP contribution < -0.4 is 4.90 Å². The third-order valence-electron chi connectivity index (χ3n) is 3.72. The zero-order valence-corrected chi connectivity index (χ0v) is 12.3. The van der Waals surface area contributed by atoms with Gasteiger partial charge in [-0.3, -0.25) is 4.79 Å². The van der Waals surface area contributed by atoms with Gasteiger partial charge in [0.25, 0.3) is 0 Å². The molecule has 1 aliphatic heterocycles. The lowest BCUT2D eigenvalue weighted by Crippen LogP contribution is -2.33. The Morgan fingerprint density at radius 1 is 1.53 bits per heavy atom. The van der Waals surface area contributed by atoms with E-state index >= 15 is 0 Å². The molecule has 0 amide bonds. The van der Waals surface area contributed by atoms with Gasteiger partial charge in [-0.15, -0.1) is 11.3 Å². The smallest absolute Gasteiger partial charge is 0.303 e. The summed E-state index contributed by atoms with van der Waals surface area (Å²) in [6.07, 6.45) is 5.85. The van der Waals surface area contributed by atoms with E-state index in [0.717, 1.165) is 29.8 Å². The predicted molar refractivity (Wildman–Crippen MR) is 77.9 cm³/mol. The van der Waals surface area contributed by atoms with E-state index in [4.69, 9.17) is 5.11 Å². The van der Waals surface area contributed by atoms with Crippen LogP contribution in [-0.2, 0) is 11.2 Å². The number of rotatable bonds is 6. The molecule has 0 unspecified atom stereocenters. The number of carboxylic acid groups (broad SMARTS) is 1. The minimum absolute atomic E-state index is 0.168. The maximum absolute atomic E-state index is 10.5. The van der Waals surface area contributed by atoms with Crippen LogP contribution in [0.15, 0.2) is 5.38 Å². The summed E-state index contributed by atoms with van der Waals surface area (Å²) in [7, 11) is 0. The quantitative estimate of drug-likeness (QED) is 0.870. The summed E-state index contributed by atoms with van der Waals surface area (Å²) < 4.78 is 0. The van der Waals surface area contributed by atoms with Crippen LogP contribution in [0.25, 0.3) is 0 Å². The molecule has 4 nitrogen and oxygen atoms in total. The molecule has 1 fully saturated rings. The zero-order chi connectivity index (χ0) is 13.7. The van der Waals surface area contributed by atoms with E-state index in [-0.39, 0.29) is 6.42 Å². The van der Waals surface area contributed by atoms with E-state index in [1.165, 1.54) is 25.7 Å². The molecule has 1 saturated heterocycles. The van der Waals surface area contributed by atoms with E-state index in [2.05, 4.69) is 16.8 Å². The summed E-state index contributed by atoms with van der Waals surface area (Å²) in [5.74, 6) is 0.127. The first-order valence-corrected chi connectivity index (χ1v) is 7.98. The van der Waals surface area contributed by atoms with Crippen LogP contribution >= 0.6 is 11.3 Å². The molecule has 19 heavy (non-hydrogen) atoms. The lowest BCUT2D eigenvalue weighted by molar-refractivity contribution is -0.136. The average Bonchev–Trinajstić information content (AvgIpc) is 2.86. The average molecular weight is 282 g/mol. The van der Waals surface area contributed by atoms with Crippen molar-refractivity contribution < 1.29 is 9.90 Å². The van der Waals surface area contributed by atoms with Crippen LogP contribution in [0.3, 0.4) is 0 Å².